The fourth-order valence-corrected chi connectivity index (χ4v) is 3.89. The number of carbonyl (C=O) groups excluding carboxylic acids is 1. The predicted molar refractivity (Wildman–Crippen MR) is 114 cm³/mol. The van der Waals surface area contributed by atoms with Gasteiger partial charge in [0.2, 0.25) is 0 Å². The van der Waals surface area contributed by atoms with E-state index in [9.17, 15) is 4.79 Å². The van der Waals surface area contributed by atoms with Gasteiger partial charge in [-0.3, -0.25) is 0 Å². The Morgan fingerprint density at radius 3 is 2.66 bits per heavy atom. The molecule has 4 rings (SSSR count). The Morgan fingerprint density at radius 1 is 1.21 bits per heavy atom. The zero-order valence-corrected chi connectivity index (χ0v) is 17.0. The third-order valence-electron chi connectivity index (χ3n) is 5.82. The monoisotopic (exact) mass is 393 g/mol. The summed E-state index contributed by atoms with van der Waals surface area (Å²) in [5, 5.41) is 7.35. The van der Waals surface area contributed by atoms with Gasteiger partial charge in [0.15, 0.2) is 0 Å². The normalized spacial score (nSPS) is 17.6. The van der Waals surface area contributed by atoms with Crippen LogP contribution in [0.15, 0.2) is 53.7 Å². The lowest BCUT2D eigenvalue weighted by atomic mass is 9.85. The Kier molecular flexibility index (Phi) is 5.43. The van der Waals surface area contributed by atoms with Crippen LogP contribution in [0.2, 0.25) is 0 Å². The molecule has 2 aromatic carbocycles. The van der Waals surface area contributed by atoms with Crippen LogP contribution in [-0.4, -0.2) is 42.4 Å². The molecule has 2 aliphatic heterocycles. The van der Waals surface area contributed by atoms with Gasteiger partial charge in [0.1, 0.15) is 11.4 Å². The number of nitrogens with zero attached hydrogens (tertiary/aromatic N) is 2. The van der Waals surface area contributed by atoms with Gasteiger partial charge in [-0.05, 0) is 36.2 Å². The van der Waals surface area contributed by atoms with Crippen molar-refractivity contribution in [1.29, 1.82) is 0 Å². The molecule has 2 amide bonds. The molecule has 1 saturated heterocycles. The highest BCUT2D eigenvalue weighted by atomic mass is 16.7. The summed E-state index contributed by atoms with van der Waals surface area (Å²) in [6.07, 6.45) is 3.29. The number of oxime groups is 1. The van der Waals surface area contributed by atoms with Crippen LogP contribution in [0.1, 0.15) is 37.3 Å². The Bertz CT molecular complexity index is 900. The lowest BCUT2D eigenvalue weighted by Crippen LogP contribution is -2.48. The lowest BCUT2D eigenvalue weighted by molar-refractivity contribution is -0.0544. The smallest absolute Gasteiger partial charge is 0.321 e. The summed E-state index contributed by atoms with van der Waals surface area (Å²) in [6, 6.07) is 15.8. The molecule has 0 bridgehead atoms. The molecule has 0 saturated carbocycles. The lowest BCUT2D eigenvalue weighted by Gasteiger charge is -2.37. The number of nitrogens with one attached hydrogen (secondary N) is 1. The minimum Gasteiger partial charge on any atom is -0.497 e. The molecule has 0 unspecified atom stereocenters. The van der Waals surface area contributed by atoms with Crippen molar-refractivity contribution in [3.63, 3.8) is 0 Å². The SMILES string of the molecule is CCc1ccc(NC(=O)N2CCC3(CC2)CC(c2cccc(OC)c2)=NO3)cc1. The summed E-state index contributed by atoms with van der Waals surface area (Å²) < 4.78 is 5.31. The van der Waals surface area contributed by atoms with E-state index in [1.807, 2.05) is 53.4 Å². The zero-order chi connectivity index (χ0) is 20.3. The van der Waals surface area contributed by atoms with Crippen LogP contribution in [0.3, 0.4) is 0 Å². The minimum atomic E-state index is -0.308. The van der Waals surface area contributed by atoms with Crippen molar-refractivity contribution in [2.75, 3.05) is 25.5 Å². The minimum absolute atomic E-state index is 0.0592. The van der Waals surface area contributed by atoms with Gasteiger partial charge in [-0.25, -0.2) is 4.79 Å². The number of benzene rings is 2. The van der Waals surface area contributed by atoms with Gasteiger partial charge in [-0.15, -0.1) is 0 Å². The van der Waals surface area contributed by atoms with Crippen molar-refractivity contribution in [1.82, 2.24) is 4.90 Å². The first-order valence-corrected chi connectivity index (χ1v) is 10.2. The highest BCUT2D eigenvalue weighted by Gasteiger charge is 2.43. The van der Waals surface area contributed by atoms with Crippen LogP contribution in [0, 0.1) is 0 Å². The van der Waals surface area contributed by atoms with Crippen molar-refractivity contribution in [3.8, 4) is 5.75 Å². The Labute approximate surface area is 171 Å². The van der Waals surface area contributed by atoms with Gasteiger partial charge in [-0.1, -0.05) is 36.3 Å². The van der Waals surface area contributed by atoms with Crippen LogP contribution in [0.4, 0.5) is 10.5 Å². The number of carbonyl (C=O) groups is 1. The third kappa shape index (κ3) is 4.21. The molecule has 2 heterocycles. The number of hydrogen-bond acceptors (Lipinski definition) is 4. The number of urea groups is 1. The van der Waals surface area contributed by atoms with Crippen molar-refractivity contribution >= 4 is 17.4 Å². The average Bonchev–Trinajstić information content (AvgIpc) is 3.18. The van der Waals surface area contributed by atoms with Crippen LogP contribution >= 0.6 is 0 Å². The molecule has 1 fully saturated rings. The maximum absolute atomic E-state index is 12.6. The van der Waals surface area contributed by atoms with Gasteiger partial charge < -0.3 is 19.8 Å². The van der Waals surface area contributed by atoms with E-state index in [-0.39, 0.29) is 11.6 Å². The number of rotatable bonds is 4. The largest absolute Gasteiger partial charge is 0.497 e. The molecule has 0 atom stereocenters. The van der Waals surface area contributed by atoms with Gasteiger partial charge >= 0.3 is 6.03 Å². The zero-order valence-electron chi connectivity index (χ0n) is 17.0. The van der Waals surface area contributed by atoms with Crippen LogP contribution in [0.5, 0.6) is 5.75 Å². The molecule has 2 aromatic rings. The first-order chi connectivity index (χ1) is 14.1. The van der Waals surface area contributed by atoms with Crippen LogP contribution < -0.4 is 10.1 Å². The molecule has 0 aromatic heterocycles. The maximum atomic E-state index is 12.6. The molecular weight excluding hydrogens is 366 g/mol. The summed E-state index contributed by atoms with van der Waals surface area (Å²) in [7, 11) is 1.66. The van der Waals surface area contributed by atoms with E-state index in [0.29, 0.717) is 13.1 Å². The summed E-state index contributed by atoms with van der Waals surface area (Å²) >= 11 is 0. The second kappa shape index (κ2) is 8.15. The number of ether oxygens (including phenoxy) is 1. The van der Waals surface area contributed by atoms with Crippen molar-refractivity contribution in [2.45, 2.75) is 38.2 Å². The average molecular weight is 393 g/mol. The highest BCUT2D eigenvalue weighted by Crippen LogP contribution is 2.36. The van der Waals surface area contributed by atoms with E-state index in [1.54, 1.807) is 7.11 Å². The summed E-state index contributed by atoms with van der Waals surface area (Å²) in [5.41, 5.74) is 3.74. The first kappa shape index (κ1) is 19.3. The number of piperidine rings is 1. The van der Waals surface area contributed by atoms with Gasteiger partial charge in [0, 0.05) is 43.6 Å². The molecule has 0 aliphatic carbocycles. The molecule has 1 N–H and O–H groups in total. The van der Waals surface area contributed by atoms with Gasteiger partial charge in [-0.2, -0.15) is 0 Å². The number of methoxy groups -OCH3 is 1. The topological polar surface area (TPSA) is 63.2 Å². The number of likely N-dealkylation sites (tertiary alicyclic amines) is 1. The quantitative estimate of drug-likeness (QED) is 0.835. The van der Waals surface area contributed by atoms with Crippen LogP contribution in [0.25, 0.3) is 0 Å². The second-order valence-corrected chi connectivity index (χ2v) is 7.69. The van der Waals surface area contributed by atoms with E-state index in [4.69, 9.17) is 9.57 Å². The van der Waals surface area contributed by atoms with Gasteiger partial charge in [0.05, 0.1) is 12.8 Å². The Morgan fingerprint density at radius 2 is 1.97 bits per heavy atom. The summed E-state index contributed by atoms with van der Waals surface area (Å²) in [5.74, 6) is 0.810. The van der Waals surface area contributed by atoms with E-state index < -0.39 is 0 Å². The van der Waals surface area contributed by atoms with E-state index in [0.717, 1.165) is 48.4 Å². The number of hydrogen-bond donors (Lipinski definition) is 1. The fourth-order valence-electron chi connectivity index (χ4n) is 3.89. The summed E-state index contributed by atoms with van der Waals surface area (Å²) in [4.78, 5) is 20.3. The van der Waals surface area contributed by atoms with E-state index >= 15 is 0 Å². The second-order valence-electron chi connectivity index (χ2n) is 7.69. The van der Waals surface area contributed by atoms with Crippen molar-refractivity contribution < 1.29 is 14.4 Å². The standard InChI is InChI=1S/C23H27N3O3/c1-3-17-7-9-19(10-8-17)24-22(27)26-13-11-23(12-14-26)16-21(25-29-23)18-5-4-6-20(15-18)28-2/h4-10,15H,3,11-14,16H2,1-2H3,(H,24,27). The molecule has 6 heteroatoms. The molecule has 6 nitrogen and oxygen atoms in total. The van der Waals surface area contributed by atoms with Crippen molar-refractivity contribution in [2.24, 2.45) is 5.16 Å². The van der Waals surface area contributed by atoms with E-state index in [2.05, 4.69) is 17.4 Å². The molecule has 2 aliphatic rings. The van der Waals surface area contributed by atoms with Crippen LogP contribution in [-0.2, 0) is 11.3 Å². The molecule has 0 radical (unpaired) electrons. The Hall–Kier alpha value is -3.02. The molecule has 29 heavy (non-hydrogen) atoms. The molecular formula is C23H27N3O3. The molecule has 152 valence electrons. The molecule has 1 spiro atoms. The first-order valence-electron chi connectivity index (χ1n) is 10.2. The Balaban J connectivity index is 1.32. The fraction of sp³-hybridized carbons (Fsp3) is 0.391. The third-order valence-corrected chi connectivity index (χ3v) is 5.82. The number of anilines is 1. The maximum Gasteiger partial charge on any atom is 0.321 e. The van der Waals surface area contributed by atoms with E-state index in [1.165, 1.54) is 5.56 Å². The highest BCUT2D eigenvalue weighted by molar-refractivity contribution is 6.02. The van der Waals surface area contributed by atoms with Gasteiger partial charge in [0.25, 0.3) is 0 Å². The summed E-state index contributed by atoms with van der Waals surface area (Å²) in [6.45, 7) is 3.42. The number of amides is 2. The van der Waals surface area contributed by atoms with Crippen molar-refractivity contribution in [3.05, 3.63) is 59.7 Å². The number of aryl methyl sites for hydroxylation is 1. The predicted octanol–water partition coefficient (Wildman–Crippen LogP) is 4.45.